The van der Waals surface area contributed by atoms with Gasteiger partial charge < -0.3 is 40.6 Å². The van der Waals surface area contributed by atoms with E-state index in [2.05, 4.69) is 35.1 Å². The highest BCUT2D eigenvalue weighted by molar-refractivity contribution is 5.92. The van der Waals surface area contributed by atoms with Crippen LogP contribution in [0.4, 0.5) is 4.79 Å². The number of esters is 1. The molecule has 4 amide bonds. The fourth-order valence-electron chi connectivity index (χ4n) is 4.40. The molecular formula is C33H46N4O9. The highest BCUT2D eigenvalue weighted by Crippen LogP contribution is 2.27. The molecule has 0 fully saturated rings. The van der Waals surface area contributed by atoms with Gasteiger partial charge in [0.25, 0.3) is 0 Å². The van der Waals surface area contributed by atoms with Crippen molar-refractivity contribution in [3.8, 4) is 5.75 Å². The highest BCUT2D eigenvalue weighted by Gasteiger charge is 2.32. The number of carbonyl (C=O) groups is 5. The summed E-state index contributed by atoms with van der Waals surface area (Å²) in [4.78, 5) is 62.7. The summed E-state index contributed by atoms with van der Waals surface area (Å²) in [5.74, 6) is -2.25. The molecule has 0 heterocycles. The summed E-state index contributed by atoms with van der Waals surface area (Å²) in [7, 11) is 2.68. The zero-order valence-corrected chi connectivity index (χ0v) is 27.3. The van der Waals surface area contributed by atoms with Gasteiger partial charge in [0, 0.05) is 0 Å². The first-order valence-electron chi connectivity index (χ1n) is 15.1. The topological polar surface area (TPSA) is 181 Å². The van der Waals surface area contributed by atoms with Gasteiger partial charge in [0.05, 0.1) is 20.8 Å². The Morgan fingerprint density at radius 3 is 2.04 bits per heavy atom. The Bertz CT molecular complexity index is 1320. The molecule has 13 heteroatoms. The van der Waals surface area contributed by atoms with Crippen LogP contribution in [0.3, 0.4) is 0 Å². The number of hydrogen-bond donors (Lipinski definition) is 5. The Morgan fingerprint density at radius 2 is 1.46 bits per heavy atom. The van der Waals surface area contributed by atoms with Crippen molar-refractivity contribution in [1.82, 2.24) is 21.3 Å². The third-order valence-electron chi connectivity index (χ3n) is 7.02. The maximum Gasteiger partial charge on any atom is 0.407 e. The van der Waals surface area contributed by atoms with Crippen LogP contribution in [-0.4, -0.2) is 74.3 Å². The fourth-order valence-corrected chi connectivity index (χ4v) is 4.40. The molecule has 0 unspecified atom stereocenters. The molecule has 0 saturated carbocycles. The first-order valence-corrected chi connectivity index (χ1v) is 15.1. The number of alkyl carbamates (subject to hydrolysis) is 1. The van der Waals surface area contributed by atoms with E-state index in [4.69, 9.17) is 14.2 Å². The van der Waals surface area contributed by atoms with Gasteiger partial charge in [0.1, 0.15) is 31.0 Å². The molecule has 2 aromatic rings. The number of amides is 4. The number of nitrogens with one attached hydrogen (secondary N) is 4. The molecule has 0 radical (unpaired) electrons. The first-order chi connectivity index (χ1) is 21.9. The van der Waals surface area contributed by atoms with E-state index >= 15 is 0 Å². The van der Waals surface area contributed by atoms with Gasteiger partial charge in [-0.25, -0.2) is 9.59 Å². The van der Waals surface area contributed by atoms with Crippen molar-refractivity contribution in [3.63, 3.8) is 0 Å². The standard InChI is InChI=1S/C33H46N4O9/c1-20(2)12-13-23-16-24(14-15-25(23)44-5)30(40)29(32(42)45-6)37-26(38)17-34-31(41)28(21(3)4)36-27(39)18-35-33(43)46-19-22-10-8-7-9-11-22/h7-11,14-16,20-21,28-30,40H,12-13,17-19H2,1-6H3,(H,34,41)(H,35,43)(H,36,39)(H,37,38)/t28-,29-,30-/m0/s1. The van der Waals surface area contributed by atoms with E-state index in [1.807, 2.05) is 6.07 Å². The normalized spacial score (nSPS) is 12.8. The van der Waals surface area contributed by atoms with Crippen LogP contribution in [0, 0.1) is 11.8 Å². The lowest BCUT2D eigenvalue weighted by Crippen LogP contribution is -2.54. The number of aliphatic hydroxyl groups is 1. The van der Waals surface area contributed by atoms with Gasteiger partial charge in [-0.2, -0.15) is 0 Å². The number of aryl methyl sites for hydroxylation is 1. The first kappa shape index (κ1) is 37.5. The summed E-state index contributed by atoms with van der Waals surface area (Å²) in [6.45, 7) is 6.61. The molecule has 0 spiro atoms. The van der Waals surface area contributed by atoms with E-state index in [0.29, 0.717) is 23.7 Å². The Kier molecular flexibility index (Phi) is 15.5. The fraction of sp³-hybridized carbons (Fsp3) is 0.485. The number of ether oxygens (including phenoxy) is 3. The quantitative estimate of drug-likeness (QED) is 0.162. The second-order valence-electron chi connectivity index (χ2n) is 11.4. The minimum absolute atomic E-state index is 0.0284. The van der Waals surface area contributed by atoms with Crippen LogP contribution in [0.1, 0.15) is 56.9 Å². The van der Waals surface area contributed by atoms with Crippen molar-refractivity contribution >= 4 is 29.8 Å². The van der Waals surface area contributed by atoms with Crippen molar-refractivity contribution in [3.05, 3.63) is 65.2 Å². The van der Waals surface area contributed by atoms with Gasteiger partial charge in [-0.1, -0.05) is 64.1 Å². The minimum Gasteiger partial charge on any atom is -0.496 e. The SMILES string of the molecule is COC(=O)[C@@H](NC(=O)CNC(=O)[C@@H](NC(=O)CNC(=O)OCc1ccccc1)C(C)C)[C@@H](O)c1ccc(OC)c(CCC(C)C)c1. The molecule has 5 N–H and O–H groups in total. The van der Waals surface area contributed by atoms with Gasteiger partial charge in [-0.05, 0) is 53.5 Å². The summed E-state index contributed by atoms with van der Waals surface area (Å²) >= 11 is 0. The molecule has 46 heavy (non-hydrogen) atoms. The average molecular weight is 643 g/mol. The van der Waals surface area contributed by atoms with Crippen molar-refractivity contribution in [2.24, 2.45) is 11.8 Å². The van der Waals surface area contributed by atoms with Crippen LogP contribution in [0.2, 0.25) is 0 Å². The summed E-state index contributed by atoms with van der Waals surface area (Å²) < 4.78 is 15.3. The Balaban J connectivity index is 1.95. The van der Waals surface area contributed by atoms with Gasteiger partial charge >= 0.3 is 12.1 Å². The smallest absolute Gasteiger partial charge is 0.407 e. The zero-order valence-electron chi connectivity index (χ0n) is 27.3. The van der Waals surface area contributed by atoms with Gasteiger partial charge in [-0.3, -0.25) is 14.4 Å². The van der Waals surface area contributed by atoms with Crippen molar-refractivity contribution in [1.29, 1.82) is 0 Å². The molecule has 3 atom stereocenters. The zero-order chi connectivity index (χ0) is 34.2. The molecule has 0 aliphatic heterocycles. The van der Waals surface area contributed by atoms with Crippen LogP contribution in [0.25, 0.3) is 0 Å². The number of benzene rings is 2. The summed E-state index contributed by atoms with van der Waals surface area (Å²) in [6, 6.07) is 11.5. The molecule has 0 saturated heterocycles. The maximum atomic E-state index is 12.9. The molecule has 2 rings (SSSR count). The van der Waals surface area contributed by atoms with Crippen LogP contribution in [-0.2, 0) is 41.7 Å². The lowest BCUT2D eigenvalue weighted by Gasteiger charge is -2.24. The van der Waals surface area contributed by atoms with E-state index in [9.17, 15) is 29.1 Å². The number of aliphatic hydroxyl groups excluding tert-OH is 1. The van der Waals surface area contributed by atoms with E-state index < -0.39 is 61.1 Å². The predicted octanol–water partition coefficient (Wildman–Crippen LogP) is 2.16. The predicted molar refractivity (Wildman–Crippen MR) is 169 cm³/mol. The molecule has 13 nitrogen and oxygen atoms in total. The van der Waals surface area contributed by atoms with Crippen LogP contribution in [0.5, 0.6) is 5.75 Å². The molecule has 0 aliphatic carbocycles. The summed E-state index contributed by atoms with van der Waals surface area (Å²) in [5.41, 5.74) is 2.00. The molecular weight excluding hydrogens is 596 g/mol. The Hall–Kier alpha value is -4.65. The number of rotatable bonds is 17. The van der Waals surface area contributed by atoms with E-state index in [-0.39, 0.29) is 12.5 Å². The second-order valence-corrected chi connectivity index (χ2v) is 11.4. The minimum atomic E-state index is -1.46. The lowest BCUT2D eigenvalue weighted by atomic mass is 9.96. The van der Waals surface area contributed by atoms with Crippen LogP contribution in [0.15, 0.2) is 48.5 Å². The van der Waals surface area contributed by atoms with Crippen LogP contribution >= 0.6 is 0 Å². The Morgan fingerprint density at radius 1 is 0.826 bits per heavy atom. The number of hydrogen-bond acceptors (Lipinski definition) is 9. The third-order valence-corrected chi connectivity index (χ3v) is 7.02. The van der Waals surface area contributed by atoms with Crippen molar-refractivity contribution in [2.75, 3.05) is 27.3 Å². The molecule has 0 bridgehead atoms. The molecule has 252 valence electrons. The molecule has 2 aromatic carbocycles. The van der Waals surface area contributed by atoms with Gasteiger partial charge in [-0.15, -0.1) is 0 Å². The summed E-state index contributed by atoms with van der Waals surface area (Å²) in [6.07, 6.45) is -0.692. The highest BCUT2D eigenvalue weighted by atomic mass is 16.5. The molecule has 0 aromatic heterocycles. The van der Waals surface area contributed by atoms with Crippen LogP contribution < -0.4 is 26.0 Å². The monoisotopic (exact) mass is 642 g/mol. The third kappa shape index (κ3) is 12.4. The van der Waals surface area contributed by atoms with Gasteiger partial charge in [0.15, 0.2) is 6.04 Å². The largest absolute Gasteiger partial charge is 0.496 e. The van der Waals surface area contributed by atoms with Crippen molar-refractivity contribution < 1.29 is 43.3 Å². The van der Waals surface area contributed by atoms with E-state index in [0.717, 1.165) is 24.7 Å². The molecule has 0 aliphatic rings. The summed E-state index contributed by atoms with van der Waals surface area (Å²) in [5, 5.41) is 20.8. The second kappa shape index (κ2) is 19.0. The van der Waals surface area contributed by atoms with Crippen molar-refractivity contribution in [2.45, 2.75) is 65.3 Å². The average Bonchev–Trinajstić information content (AvgIpc) is 3.05. The number of carbonyl (C=O) groups excluding carboxylic acids is 5. The van der Waals surface area contributed by atoms with Gasteiger partial charge in [0.2, 0.25) is 17.7 Å². The maximum absolute atomic E-state index is 12.9. The van der Waals surface area contributed by atoms with E-state index in [1.54, 1.807) is 63.4 Å². The van der Waals surface area contributed by atoms with E-state index in [1.165, 1.54) is 0 Å². The Labute approximate surface area is 269 Å². The lowest BCUT2D eigenvalue weighted by molar-refractivity contribution is -0.148. The number of methoxy groups -OCH3 is 2.